The number of nitrogens with zero attached hydrogens (tertiary/aromatic N) is 6. The van der Waals surface area contributed by atoms with E-state index in [4.69, 9.17) is 9.15 Å². The first-order valence-electron chi connectivity index (χ1n) is 11.6. The molecule has 3 aromatic heterocycles. The molecule has 174 valence electrons. The van der Waals surface area contributed by atoms with Crippen molar-refractivity contribution in [3.63, 3.8) is 0 Å². The van der Waals surface area contributed by atoms with Crippen molar-refractivity contribution >= 4 is 16.7 Å². The van der Waals surface area contributed by atoms with Gasteiger partial charge in [-0.05, 0) is 38.0 Å². The van der Waals surface area contributed by atoms with Crippen LogP contribution in [0.1, 0.15) is 25.7 Å². The molecule has 1 saturated carbocycles. The summed E-state index contributed by atoms with van der Waals surface area (Å²) in [6.45, 7) is 9.31. The first kappa shape index (κ1) is 20.9. The van der Waals surface area contributed by atoms with Crippen molar-refractivity contribution in [1.29, 1.82) is 0 Å². The van der Waals surface area contributed by atoms with Gasteiger partial charge in [0.2, 0.25) is 5.89 Å². The van der Waals surface area contributed by atoms with E-state index in [1.807, 2.05) is 24.3 Å². The number of rotatable bonds is 7. The molecule has 0 spiro atoms. The van der Waals surface area contributed by atoms with Crippen molar-refractivity contribution in [2.24, 2.45) is 0 Å². The minimum absolute atomic E-state index is 0.0312. The smallest absolute Gasteiger partial charge is 0.208 e. The summed E-state index contributed by atoms with van der Waals surface area (Å²) in [5.74, 6) is 2.45. The van der Waals surface area contributed by atoms with Gasteiger partial charge in [0, 0.05) is 37.1 Å². The molecule has 0 radical (unpaired) electrons. The summed E-state index contributed by atoms with van der Waals surface area (Å²) < 4.78 is 11.6. The second kappa shape index (κ2) is 8.25. The summed E-state index contributed by atoms with van der Waals surface area (Å²) >= 11 is 0. The van der Waals surface area contributed by atoms with Crippen molar-refractivity contribution in [3.8, 4) is 17.1 Å². The van der Waals surface area contributed by atoms with E-state index in [-0.39, 0.29) is 11.6 Å². The van der Waals surface area contributed by atoms with Gasteiger partial charge in [0.1, 0.15) is 35.5 Å². The number of aromatic amines is 1. The highest BCUT2D eigenvalue weighted by atomic mass is 16.5. The largest absolute Gasteiger partial charge is 0.488 e. The Kier molecular flexibility index (Phi) is 5.06. The molecule has 2 fully saturated rings. The van der Waals surface area contributed by atoms with Crippen LogP contribution in [0.4, 0.5) is 5.82 Å². The summed E-state index contributed by atoms with van der Waals surface area (Å²) in [4.78, 5) is 17.9. The van der Waals surface area contributed by atoms with E-state index >= 15 is 0 Å². The van der Waals surface area contributed by atoms with E-state index in [0.717, 1.165) is 66.3 Å². The predicted octanol–water partition coefficient (Wildman–Crippen LogP) is 3.82. The number of oxazole rings is 1. The van der Waals surface area contributed by atoms with Crippen LogP contribution in [-0.2, 0) is 6.54 Å². The van der Waals surface area contributed by atoms with E-state index in [9.17, 15) is 0 Å². The van der Waals surface area contributed by atoms with Crippen molar-refractivity contribution in [3.05, 3.63) is 61.6 Å². The molecule has 0 bridgehead atoms. The van der Waals surface area contributed by atoms with Gasteiger partial charge >= 0.3 is 0 Å². The van der Waals surface area contributed by atoms with Crippen LogP contribution in [0.5, 0.6) is 5.75 Å². The number of nitrogens with one attached hydrogen (secondary N) is 1. The quantitative estimate of drug-likeness (QED) is 0.419. The standard InChI is InChI=1S/C25H27N7O2/c1-3-17-14-32(10-9-31(17)15-23-26-8-11-33-23)22-13-21(27-16-28-22)24-19-12-18(34-25(2)6-7-25)4-5-20(19)29-30-24/h3-5,8,11-13,16-17H,1,6-7,9-10,14-15H2,2H3,(H,29,30)/t17-/m0/s1. The third kappa shape index (κ3) is 4.03. The van der Waals surface area contributed by atoms with E-state index in [1.165, 1.54) is 0 Å². The molecule has 1 aromatic carbocycles. The molecule has 34 heavy (non-hydrogen) atoms. The highest BCUT2D eigenvalue weighted by Crippen LogP contribution is 2.40. The number of H-pyrrole nitrogens is 1. The summed E-state index contributed by atoms with van der Waals surface area (Å²) in [6.07, 6.45) is 9.05. The van der Waals surface area contributed by atoms with Gasteiger partial charge in [-0.1, -0.05) is 6.08 Å². The molecule has 4 aromatic rings. The number of fused-ring (bicyclic) bond motifs is 1. The predicted molar refractivity (Wildman–Crippen MR) is 128 cm³/mol. The van der Waals surface area contributed by atoms with Crippen molar-refractivity contribution in [2.75, 3.05) is 24.5 Å². The average Bonchev–Trinajstić information content (AvgIpc) is 3.23. The Morgan fingerprint density at radius 1 is 1.24 bits per heavy atom. The van der Waals surface area contributed by atoms with Crippen LogP contribution in [0.3, 0.4) is 0 Å². The number of anilines is 1. The van der Waals surface area contributed by atoms with Crippen LogP contribution in [0.25, 0.3) is 22.3 Å². The van der Waals surface area contributed by atoms with E-state index in [0.29, 0.717) is 12.4 Å². The molecule has 4 heterocycles. The van der Waals surface area contributed by atoms with Crippen LogP contribution in [0.2, 0.25) is 0 Å². The fourth-order valence-corrected chi connectivity index (χ4v) is 4.44. The molecule has 1 atom stereocenters. The zero-order chi connectivity index (χ0) is 23.1. The van der Waals surface area contributed by atoms with Crippen molar-refractivity contribution in [1.82, 2.24) is 30.0 Å². The molecule has 1 aliphatic carbocycles. The number of hydrogen-bond donors (Lipinski definition) is 1. The van der Waals surface area contributed by atoms with Crippen molar-refractivity contribution < 1.29 is 9.15 Å². The van der Waals surface area contributed by atoms with E-state index in [2.05, 4.69) is 54.5 Å². The fourth-order valence-electron chi connectivity index (χ4n) is 4.44. The van der Waals surface area contributed by atoms with Gasteiger partial charge in [-0.3, -0.25) is 10.00 Å². The SMILES string of the molecule is C=C[C@H]1CN(c2cc(-c3n[nH]c4ccc(OC5(C)CC5)cc34)ncn2)CCN1Cc1ncco1. The minimum atomic E-state index is -0.0312. The van der Waals surface area contributed by atoms with Crippen LogP contribution in [0.15, 0.2) is 60.1 Å². The molecular weight excluding hydrogens is 430 g/mol. The molecule has 6 rings (SSSR count). The Morgan fingerprint density at radius 3 is 2.94 bits per heavy atom. The molecule has 1 aliphatic heterocycles. The fraction of sp³-hybridized carbons (Fsp3) is 0.360. The van der Waals surface area contributed by atoms with Crippen LogP contribution >= 0.6 is 0 Å². The Balaban J connectivity index is 1.24. The molecule has 9 nitrogen and oxygen atoms in total. The lowest BCUT2D eigenvalue weighted by Gasteiger charge is -2.40. The molecule has 0 amide bonds. The lowest BCUT2D eigenvalue weighted by atomic mass is 10.1. The third-order valence-corrected chi connectivity index (χ3v) is 6.70. The lowest BCUT2D eigenvalue weighted by Crippen LogP contribution is -2.52. The topological polar surface area (TPSA) is 96.2 Å². The van der Waals surface area contributed by atoms with Gasteiger partial charge in [0.15, 0.2) is 0 Å². The summed E-state index contributed by atoms with van der Waals surface area (Å²) in [6, 6.07) is 8.22. The van der Waals surface area contributed by atoms with Gasteiger partial charge in [0.25, 0.3) is 0 Å². The zero-order valence-corrected chi connectivity index (χ0v) is 19.1. The van der Waals surface area contributed by atoms with Crippen molar-refractivity contribution in [2.45, 2.75) is 38.0 Å². The highest BCUT2D eigenvalue weighted by molar-refractivity contribution is 5.93. The first-order chi connectivity index (χ1) is 16.6. The number of piperazine rings is 1. The first-order valence-corrected chi connectivity index (χ1v) is 11.6. The minimum Gasteiger partial charge on any atom is -0.488 e. The van der Waals surface area contributed by atoms with Crippen LogP contribution in [-0.4, -0.2) is 61.3 Å². The van der Waals surface area contributed by atoms with Crippen LogP contribution < -0.4 is 9.64 Å². The molecule has 9 heteroatoms. The van der Waals surface area contributed by atoms with Gasteiger partial charge in [-0.25, -0.2) is 15.0 Å². The highest BCUT2D eigenvalue weighted by Gasteiger charge is 2.40. The number of benzene rings is 1. The molecule has 1 saturated heterocycles. The maximum Gasteiger partial charge on any atom is 0.208 e. The number of aromatic nitrogens is 5. The maximum atomic E-state index is 6.16. The van der Waals surface area contributed by atoms with E-state index < -0.39 is 0 Å². The monoisotopic (exact) mass is 457 g/mol. The Bertz CT molecular complexity index is 1310. The average molecular weight is 458 g/mol. The summed E-state index contributed by atoms with van der Waals surface area (Å²) in [5.41, 5.74) is 2.50. The second-order valence-corrected chi connectivity index (χ2v) is 9.24. The normalized spacial score (nSPS) is 19.9. The van der Waals surface area contributed by atoms with Gasteiger partial charge in [0.05, 0.1) is 24.0 Å². The summed E-state index contributed by atoms with van der Waals surface area (Å²) in [5, 5.41) is 8.67. The summed E-state index contributed by atoms with van der Waals surface area (Å²) in [7, 11) is 0. The number of ether oxygens (including phenoxy) is 1. The molecule has 0 unspecified atom stereocenters. The zero-order valence-electron chi connectivity index (χ0n) is 19.1. The molecule has 1 N–H and O–H groups in total. The molecular formula is C25H27N7O2. The van der Waals surface area contributed by atoms with E-state index in [1.54, 1.807) is 18.8 Å². The third-order valence-electron chi connectivity index (χ3n) is 6.70. The van der Waals surface area contributed by atoms with Crippen LogP contribution in [0, 0.1) is 0 Å². The lowest BCUT2D eigenvalue weighted by molar-refractivity contribution is 0.182. The van der Waals surface area contributed by atoms with Gasteiger partial charge in [-0.2, -0.15) is 5.10 Å². The second-order valence-electron chi connectivity index (χ2n) is 9.24. The Morgan fingerprint density at radius 2 is 2.15 bits per heavy atom. The maximum absolute atomic E-state index is 6.16. The number of hydrogen-bond acceptors (Lipinski definition) is 8. The molecule has 2 aliphatic rings. The van der Waals surface area contributed by atoms with Gasteiger partial charge < -0.3 is 14.1 Å². The van der Waals surface area contributed by atoms with Gasteiger partial charge in [-0.15, -0.1) is 6.58 Å². The Labute approximate surface area is 197 Å². The Hall–Kier alpha value is -3.72.